The molecule has 1 atom stereocenters. The molecule has 1 fully saturated rings. The molecule has 138 valence electrons. The van der Waals surface area contributed by atoms with Crippen LogP contribution in [0.15, 0.2) is 67.1 Å². The molecular weight excluding hydrogens is 337 g/mol. The molecule has 0 unspecified atom stereocenters. The van der Waals surface area contributed by atoms with Crippen molar-refractivity contribution in [3.05, 3.63) is 95.3 Å². The number of hydrogen-bond donors (Lipinski definition) is 0. The minimum absolute atomic E-state index is 0.201. The Morgan fingerprint density at radius 3 is 2.59 bits per heavy atom. The molecule has 0 N–H and O–H groups in total. The second kappa shape index (κ2) is 8.40. The van der Waals surface area contributed by atoms with E-state index in [0.29, 0.717) is 6.04 Å². The topological polar surface area (TPSA) is 29.0 Å². The van der Waals surface area contributed by atoms with Crippen molar-refractivity contribution in [1.29, 1.82) is 0 Å². The number of hydrogen-bond acceptors (Lipinski definition) is 3. The van der Waals surface area contributed by atoms with Crippen LogP contribution in [0.5, 0.6) is 0 Å². The van der Waals surface area contributed by atoms with Crippen LogP contribution in [0.4, 0.5) is 4.39 Å². The van der Waals surface area contributed by atoms with Crippen LogP contribution in [0.25, 0.3) is 0 Å². The van der Waals surface area contributed by atoms with Crippen molar-refractivity contribution in [1.82, 2.24) is 14.9 Å². The number of likely N-dealkylation sites (tertiary alicyclic amines) is 1. The smallest absolute Gasteiger partial charge is 0.123 e. The summed E-state index contributed by atoms with van der Waals surface area (Å²) in [6.45, 7) is 2.03. The quantitative estimate of drug-likeness (QED) is 0.645. The minimum atomic E-state index is -0.201. The molecular formula is C23H24FN3. The van der Waals surface area contributed by atoms with Crippen LogP contribution in [0.3, 0.4) is 0 Å². The van der Waals surface area contributed by atoms with E-state index in [9.17, 15) is 4.39 Å². The highest BCUT2D eigenvalue weighted by Crippen LogP contribution is 2.31. The maximum atomic E-state index is 13.1. The van der Waals surface area contributed by atoms with Crippen molar-refractivity contribution in [3.8, 4) is 0 Å². The van der Waals surface area contributed by atoms with Gasteiger partial charge in [-0.05, 0) is 60.3 Å². The van der Waals surface area contributed by atoms with Crippen molar-refractivity contribution < 1.29 is 4.39 Å². The Hall–Kier alpha value is -2.59. The van der Waals surface area contributed by atoms with E-state index in [0.717, 1.165) is 30.8 Å². The Kier molecular flexibility index (Phi) is 5.54. The van der Waals surface area contributed by atoms with E-state index in [1.807, 2.05) is 36.8 Å². The molecule has 3 heterocycles. The molecule has 1 aliphatic heterocycles. The van der Waals surface area contributed by atoms with Crippen molar-refractivity contribution in [2.45, 2.75) is 38.3 Å². The summed E-state index contributed by atoms with van der Waals surface area (Å²) in [5, 5.41) is 0. The molecule has 4 heteroatoms. The SMILES string of the molecule is Fc1ccc(Cc2ccc([C@@H]3CCCCN3Cc3cccnc3)cn2)cc1. The number of aromatic nitrogens is 2. The van der Waals surface area contributed by atoms with Gasteiger partial charge in [-0.3, -0.25) is 14.9 Å². The monoisotopic (exact) mass is 361 g/mol. The van der Waals surface area contributed by atoms with E-state index < -0.39 is 0 Å². The fourth-order valence-electron chi connectivity index (χ4n) is 3.83. The van der Waals surface area contributed by atoms with Crippen LogP contribution < -0.4 is 0 Å². The minimum Gasteiger partial charge on any atom is -0.292 e. The van der Waals surface area contributed by atoms with E-state index in [2.05, 4.69) is 33.1 Å². The summed E-state index contributed by atoms with van der Waals surface area (Å²) in [7, 11) is 0. The van der Waals surface area contributed by atoms with Gasteiger partial charge in [0.2, 0.25) is 0 Å². The van der Waals surface area contributed by atoms with Crippen LogP contribution >= 0.6 is 0 Å². The van der Waals surface area contributed by atoms with E-state index >= 15 is 0 Å². The van der Waals surface area contributed by atoms with E-state index in [-0.39, 0.29) is 5.82 Å². The Bertz CT molecular complexity index is 847. The lowest BCUT2D eigenvalue weighted by Gasteiger charge is -2.36. The zero-order valence-electron chi connectivity index (χ0n) is 15.4. The Labute approximate surface area is 159 Å². The van der Waals surface area contributed by atoms with Crippen LogP contribution in [-0.2, 0) is 13.0 Å². The fraction of sp³-hybridized carbons (Fsp3) is 0.304. The van der Waals surface area contributed by atoms with Gasteiger partial charge in [0.1, 0.15) is 5.82 Å². The number of piperidine rings is 1. The van der Waals surface area contributed by atoms with Crippen LogP contribution in [0.1, 0.15) is 47.7 Å². The van der Waals surface area contributed by atoms with Gasteiger partial charge in [-0.1, -0.05) is 30.7 Å². The zero-order valence-corrected chi connectivity index (χ0v) is 15.4. The first-order valence-electron chi connectivity index (χ1n) is 9.60. The van der Waals surface area contributed by atoms with E-state index in [1.54, 1.807) is 0 Å². The lowest BCUT2D eigenvalue weighted by atomic mass is 9.95. The fourth-order valence-corrected chi connectivity index (χ4v) is 3.83. The maximum absolute atomic E-state index is 13.1. The first-order chi connectivity index (χ1) is 13.3. The molecule has 0 spiro atoms. The Balaban J connectivity index is 1.46. The third-order valence-corrected chi connectivity index (χ3v) is 5.25. The van der Waals surface area contributed by atoms with Gasteiger partial charge in [0.05, 0.1) is 0 Å². The summed E-state index contributed by atoms with van der Waals surface area (Å²) in [5.74, 6) is -0.201. The van der Waals surface area contributed by atoms with Gasteiger partial charge in [0, 0.05) is 43.3 Å². The normalized spacial score (nSPS) is 17.7. The van der Waals surface area contributed by atoms with Gasteiger partial charge >= 0.3 is 0 Å². The summed E-state index contributed by atoms with van der Waals surface area (Å²) in [6.07, 6.45) is 10.2. The van der Waals surface area contributed by atoms with Gasteiger partial charge < -0.3 is 0 Å². The van der Waals surface area contributed by atoms with Gasteiger partial charge in [0.15, 0.2) is 0 Å². The summed E-state index contributed by atoms with van der Waals surface area (Å²) in [5.41, 5.74) is 4.62. The predicted octanol–water partition coefficient (Wildman–Crippen LogP) is 4.93. The van der Waals surface area contributed by atoms with Gasteiger partial charge in [-0.25, -0.2) is 4.39 Å². The highest BCUT2D eigenvalue weighted by molar-refractivity contribution is 5.25. The number of pyridine rings is 2. The molecule has 0 radical (unpaired) electrons. The molecule has 1 aromatic carbocycles. The molecule has 27 heavy (non-hydrogen) atoms. The van der Waals surface area contributed by atoms with Gasteiger partial charge in [-0.15, -0.1) is 0 Å². The number of halogens is 1. The van der Waals surface area contributed by atoms with Crippen molar-refractivity contribution in [3.63, 3.8) is 0 Å². The maximum Gasteiger partial charge on any atom is 0.123 e. The third-order valence-electron chi connectivity index (χ3n) is 5.25. The standard InChI is InChI=1S/C23H24FN3/c24-21-9-6-18(7-10-21)14-22-11-8-20(16-26-22)23-5-1-2-13-27(23)17-19-4-3-12-25-15-19/h3-4,6-12,15-16,23H,1-2,5,13-14,17H2/t23-/m0/s1. The number of rotatable bonds is 5. The molecule has 2 aromatic heterocycles. The predicted molar refractivity (Wildman–Crippen MR) is 105 cm³/mol. The molecule has 4 rings (SSSR count). The largest absolute Gasteiger partial charge is 0.292 e. The zero-order chi connectivity index (χ0) is 18.5. The van der Waals surface area contributed by atoms with Crippen LogP contribution in [-0.4, -0.2) is 21.4 Å². The summed E-state index contributed by atoms with van der Waals surface area (Å²) in [6, 6.07) is 15.5. The summed E-state index contributed by atoms with van der Waals surface area (Å²) < 4.78 is 13.1. The molecule has 0 saturated carbocycles. The Morgan fingerprint density at radius 2 is 1.85 bits per heavy atom. The van der Waals surface area contributed by atoms with Crippen molar-refractivity contribution in [2.24, 2.45) is 0 Å². The van der Waals surface area contributed by atoms with E-state index in [4.69, 9.17) is 0 Å². The second-order valence-corrected chi connectivity index (χ2v) is 7.23. The Morgan fingerprint density at radius 1 is 0.963 bits per heavy atom. The molecule has 0 aliphatic carbocycles. The highest BCUT2D eigenvalue weighted by atomic mass is 19.1. The second-order valence-electron chi connectivity index (χ2n) is 7.23. The van der Waals surface area contributed by atoms with Crippen molar-refractivity contribution in [2.75, 3.05) is 6.54 Å². The highest BCUT2D eigenvalue weighted by Gasteiger charge is 2.24. The summed E-state index contributed by atoms with van der Waals surface area (Å²) in [4.78, 5) is 11.5. The van der Waals surface area contributed by atoms with Gasteiger partial charge in [-0.2, -0.15) is 0 Å². The van der Waals surface area contributed by atoms with Crippen molar-refractivity contribution >= 4 is 0 Å². The molecule has 0 bridgehead atoms. The number of benzene rings is 1. The van der Waals surface area contributed by atoms with Gasteiger partial charge in [0.25, 0.3) is 0 Å². The average Bonchev–Trinajstić information content (AvgIpc) is 2.72. The first-order valence-corrected chi connectivity index (χ1v) is 9.60. The van der Waals surface area contributed by atoms with Crippen LogP contribution in [0, 0.1) is 5.82 Å². The molecule has 3 aromatic rings. The third kappa shape index (κ3) is 4.58. The van der Waals surface area contributed by atoms with E-state index in [1.165, 1.54) is 42.5 Å². The average molecular weight is 361 g/mol. The lowest BCUT2D eigenvalue weighted by Crippen LogP contribution is -2.33. The first kappa shape index (κ1) is 17.8. The van der Waals surface area contributed by atoms with Crippen LogP contribution in [0.2, 0.25) is 0 Å². The molecule has 0 amide bonds. The summed E-state index contributed by atoms with van der Waals surface area (Å²) >= 11 is 0. The molecule has 3 nitrogen and oxygen atoms in total. The molecule has 1 aliphatic rings. The number of nitrogens with zero attached hydrogens (tertiary/aromatic N) is 3. The molecule has 1 saturated heterocycles. The lowest BCUT2D eigenvalue weighted by molar-refractivity contribution is 0.140.